The monoisotopic (exact) mass is 221 g/mol. The standard InChI is InChI=1S/C9H10ClF2NO/c1-14-4-7(13)8-5(11)2-3-6(12)9(8)10/h2-3,7H,4,13H2,1H3/t7-/m1/s1. The highest BCUT2D eigenvalue weighted by Gasteiger charge is 2.18. The molecule has 14 heavy (non-hydrogen) atoms. The molecule has 0 saturated heterocycles. The third-order valence-electron chi connectivity index (χ3n) is 1.80. The third kappa shape index (κ3) is 2.20. The van der Waals surface area contributed by atoms with E-state index in [-0.39, 0.29) is 17.2 Å². The fourth-order valence-corrected chi connectivity index (χ4v) is 1.44. The highest BCUT2D eigenvalue weighted by molar-refractivity contribution is 6.31. The molecular formula is C9H10ClF2NO. The summed E-state index contributed by atoms with van der Waals surface area (Å²) in [6.45, 7) is 0.0834. The zero-order chi connectivity index (χ0) is 10.7. The van der Waals surface area contributed by atoms with Gasteiger partial charge in [0.1, 0.15) is 11.6 Å². The molecule has 5 heteroatoms. The smallest absolute Gasteiger partial charge is 0.142 e. The van der Waals surface area contributed by atoms with Crippen molar-refractivity contribution in [2.45, 2.75) is 6.04 Å². The molecule has 1 aromatic rings. The Morgan fingerprint density at radius 3 is 2.57 bits per heavy atom. The number of benzene rings is 1. The van der Waals surface area contributed by atoms with Gasteiger partial charge in [-0.15, -0.1) is 0 Å². The van der Waals surface area contributed by atoms with E-state index in [1.54, 1.807) is 0 Å². The molecule has 0 aliphatic carbocycles. The zero-order valence-corrected chi connectivity index (χ0v) is 8.31. The van der Waals surface area contributed by atoms with Crippen molar-refractivity contribution in [3.63, 3.8) is 0 Å². The summed E-state index contributed by atoms with van der Waals surface area (Å²) in [6, 6.07) is 1.19. The second-order valence-electron chi connectivity index (χ2n) is 2.82. The number of hydrogen-bond acceptors (Lipinski definition) is 2. The van der Waals surface area contributed by atoms with E-state index in [4.69, 9.17) is 22.1 Å². The Balaban J connectivity index is 3.11. The predicted molar refractivity (Wildman–Crippen MR) is 50.2 cm³/mol. The van der Waals surface area contributed by atoms with E-state index in [1.165, 1.54) is 7.11 Å². The van der Waals surface area contributed by atoms with Crippen LogP contribution in [0.4, 0.5) is 8.78 Å². The van der Waals surface area contributed by atoms with Gasteiger partial charge in [0.15, 0.2) is 0 Å². The molecule has 78 valence electrons. The van der Waals surface area contributed by atoms with Crippen LogP contribution >= 0.6 is 11.6 Å². The Kier molecular flexibility index (Phi) is 3.80. The lowest BCUT2D eigenvalue weighted by Crippen LogP contribution is -2.18. The van der Waals surface area contributed by atoms with Gasteiger partial charge in [0.2, 0.25) is 0 Å². The van der Waals surface area contributed by atoms with Gasteiger partial charge in [0, 0.05) is 12.7 Å². The normalized spacial score (nSPS) is 12.9. The summed E-state index contributed by atoms with van der Waals surface area (Å²) in [6.07, 6.45) is 0. The molecule has 0 radical (unpaired) electrons. The van der Waals surface area contributed by atoms with Crippen molar-refractivity contribution in [2.75, 3.05) is 13.7 Å². The molecule has 0 aliphatic rings. The Labute approximate surface area is 85.6 Å². The third-order valence-corrected chi connectivity index (χ3v) is 2.18. The van der Waals surface area contributed by atoms with Gasteiger partial charge in [-0.3, -0.25) is 0 Å². The molecule has 1 rings (SSSR count). The minimum Gasteiger partial charge on any atom is -0.383 e. The Bertz CT molecular complexity index is 333. The van der Waals surface area contributed by atoms with Crippen LogP contribution in [0.5, 0.6) is 0 Å². The molecule has 0 bridgehead atoms. The van der Waals surface area contributed by atoms with Crippen LogP contribution in [0.25, 0.3) is 0 Å². The summed E-state index contributed by atoms with van der Waals surface area (Å²) in [4.78, 5) is 0. The van der Waals surface area contributed by atoms with Crippen molar-refractivity contribution in [2.24, 2.45) is 5.73 Å². The highest BCUT2D eigenvalue weighted by Crippen LogP contribution is 2.27. The van der Waals surface area contributed by atoms with Crippen molar-refractivity contribution in [3.8, 4) is 0 Å². The first-order valence-corrected chi connectivity index (χ1v) is 4.33. The van der Waals surface area contributed by atoms with Gasteiger partial charge in [-0.2, -0.15) is 0 Å². The van der Waals surface area contributed by atoms with Crippen molar-refractivity contribution in [1.29, 1.82) is 0 Å². The molecule has 0 aliphatic heterocycles. The van der Waals surface area contributed by atoms with E-state index in [9.17, 15) is 8.78 Å². The van der Waals surface area contributed by atoms with Gasteiger partial charge in [0.25, 0.3) is 0 Å². The minimum atomic E-state index is -0.761. The summed E-state index contributed by atoms with van der Waals surface area (Å²) < 4.78 is 30.9. The molecule has 0 aromatic heterocycles. The second kappa shape index (κ2) is 4.68. The molecule has 2 nitrogen and oxygen atoms in total. The van der Waals surface area contributed by atoms with Crippen molar-refractivity contribution in [3.05, 3.63) is 34.4 Å². The predicted octanol–water partition coefficient (Wildman–Crippen LogP) is 2.26. The van der Waals surface area contributed by atoms with Crippen molar-refractivity contribution in [1.82, 2.24) is 0 Å². The molecule has 0 amide bonds. The Morgan fingerprint density at radius 2 is 2.00 bits per heavy atom. The van der Waals surface area contributed by atoms with Crippen molar-refractivity contribution < 1.29 is 13.5 Å². The van der Waals surface area contributed by atoms with E-state index < -0.39 is 17.7 Å². The number of rotatable bonds is 3. The Morgan fingerprint density at radius 1 is 1.43 bits per heavy atom. The maximum Gasteiger partial charge on any atom is 0.142 e. The van der Waals surface area contributed by atoms with Gasteiger partial charge in [-0.05, 0) is 12.1 Å². The second-order valence-corrected chi connectivity index (χ2v) is 3.20. The van der Waals surface area contributed by atoms with Crippen LogP contribution < -0.4 is 5.73 Å². The first-order chi connectivity index (χ1) is 6.57. The van der Waals surface area contributed by atoms with Crippen LogP contribution in [0.1, 0.15) is 11.6 Å². The van der Waals surface area contributed by atoms with Gasteiger partial charge in [-0.1, -0.05) is 11.6 Å². The fourth-order valence-electron chi connectivity index (χ4n) is 1.15. The zero-order valence-electron chi connectivity index (χ0n) is 7.56. The van der Waals surface area contributed by atoms with Crippen LogP contribution in [0.15, 0.2) is 12.1 Å². The molecule has 0 spiro atoms. The van der Waals surface area contributed by atoms with Crippen molar-refractivity contribution >= 4 is 11.6 Å². The first-order valence-electron chi connectivity index (χ1n) is 3.95. The lowest BCUT2D eigenvalue weighted by molar-refractivity contribution is 0.179. The number of methoxy groups -OCH3 is 1. The lowest BCUT2D eigenvalue weighted by atomic mass is 10.1. The average Bonchev–Trinajstić information content (AvgIpc) is 2.13. The first kappa shape index (κ1) is 11.4. The van der Waals surface area contributed by atoms with E-state index in [0.717, 1.165) is 12.1 Å². The number of nitrogens with two attached hydrogens (primary N) is 1. The summed E-state index contributed by atoms with van der Waals surface area (Å²) in [7, 11) is 1.42. The molecule has 0 unspecified atom stereocenters. The van der Waals surface area contributed by atoms with E-state index >= 15 is 0 Å². The van der Waals surface area contributed by atoms with E-state index in [2.05, 4.69) is 0 Å². The van der Waals surface area contributed by atoms with Gasteiger partial charge in [0.05, 0.1) is 17.7 Å². The van der Waals surface area contributed by atoms with Crippen LogP contribution in [-0.4, -0.2) is 13.7 Å². The largest absolute Gasteiger partial charge is 0.383 e. The maximum absolute atomic E-state index is 13.2. The number of hydrogen-bond donors (Lipinski definition) is 1. The van der Waals surface area contributed by atoms with E-state index in [0.29, 0.717) is 0 Å². The van der Waals surface area contributed by atoms with Gasteiger partial charge < -0.3 is 10.5 Å². The highest BCUT2D eigenvalue weighted by atomic mass is 35.5. The van der Waals surface area contributed by atoms with E-state index in [1.807, 2.05) is 0 Å². The maximum atomic E-state index is 13.2. The fraction of sp³-hybridized carbons (Fsp3) is 0.333. The van der Waals surface area contributed by atoms with Crippen LogP contribution in [0, 0.1) is 11.6 Å². The average molecular weight is 222 g/mol. The van der Waals surface area contributed by atoms with Crippen LogP contribution in [-0.2, 0) is 4.74 Å². The van der Waals surface area contributed by atoms with Crippen LogP contribution in [0.3, 0.4) is 0 Å². The molecule has 0 fully saturated rings. The van der Waals surface area contributed by atoms with Crippen LogP contribution in [0.2, 0.25) is 5.02 Å². The van der Waals surface area contributed by atoms with Gasteiger partial charge >= 0.3 is 0 Å². The molecule has 2 N–H and O–H groups in total. The molecule has 0 saturated carbocycles. The number of ether oxygens (including phenoxy) is 1. The Hall–Kier alpha value is -0.710. The topological polar surface area (TPSA) is 35.2 Å². The summed E-state index contributed by atoms with van der Waals surface area (Å²) in [5.41, 5.74) is 5.51. The molecule has 1 aromatic carbocycles. The SMILES string of the molecule is COC[C@@H](N)c1c(F)ccc(F)c1Cl. The molecular weight excluding hydrogens is 212 g/mol. The summed E-state index contributed by atoms with van der Waals surface area (Å²) in [5, 5.41) is -0.283. The summed E-state index contributed by atoms with van der Waals surface area (Å²) in [5.74, 6) is -1.31. The number of halogens is 3. The van der Waals surface area contributed by atoms with Gasteiger partial charge in [-0.25, -0.2) is 8.78 Å². The molecule has 1 atom stereocenters. The summed E-state index contributed by atoms with van der Waals surface area (Å²) >= 11 is 5.58. The molecule has 0 heterocycles. The minimum absolute atomic E-state index is 0.0477. The lowest BCUT2D eigenvalue weighted by Gasteiger charge is -2.13. The quantitative estimate of drug-likeness (QED) is 0.795.